The third kappa shape index (κ3) is 2.17. The van der Waals surface area contributed by atoms with Crippen LogP contribution in [0.2, 0.25) is 0 Å². The third-order valence-electron chi connectivity index (χ3n) is 2.62. The van der Waals surface area contributed by atoms with E-state index in [1.54, 1.807) is 22.4 Å². The van der Waals surface area contributed by atoms with E-state index in [4.69, 9.17) is 5.73 Å². The van der Waals surface area contributed by atoms with Crippen LogP contribution in [0.1, 0.15) is 5.56 Å². The standard InChI is InChI=1S/C13H12N4S/c14-13-16-12(8-11-15-6-7-17(11)13)18-9-10-4-2-1-3-5-10/h1-8H,9H2,(H2,14,16). The fourth-order valence-electron chi connectivity index (χ4n) is 1.73. The molecule has 0 fully saturated rings. The van der Waals surface area contributed by atoms with Crippen molar-refractivity contribution in [3.63, 3.8) is 0 Å². The van der Waals surface area contributed by atoms with Gasteiger partial charge in [-0.2, -0.15) is 0 Å². The first kappa shape index (κ1) is 11.1. The van der Waals surface area contributed by atoms with Crippen molar-refractivity contribution in [2.75, 3.05) is 5.73 Å². The van der Waals surface area contributed by atoms with E-state index in [-0.39, 0.29) is 0 Å². The zero-order valence-corrected chi connectivity index (χ0v) is 10.5. The summed E-state index contributed by atoms with van der Waals surface area (Å²) >= 11 is 1.66. The first-order valence-electron chi connectivity index (χ1n) is 5.59. The lowest BCUT2D eigenvalue weighted by atomic mass is 10.2. The average molecular weight is 256 g/mol. The summed E-state index contributed by atoms with van der Waals surface area (Å²) in [6.45, 7) is 0. The Labute approximate surface area is 109 Å². The Morgan fingerprint density at radius 1 is 1.22 bits per heavy atom. The number of rotatable bonds is 3. The van der Waals surface area contributed by atoms with Gasteiger partial charge in [0.25, 0.3) is 0 Å². The molecule has 5 heteroatoms. The van der Waals surface area contributed by atoms with Crippen LogP contribution in [0.3, 0.4) is 0 Å². The van der Waals surface area contributed by atoms with Crippen LogP contribution in [0.4, 0.5) is 5.95 Å². The van der Waals surface area contributed by atoms with E-state index >= 15 is 0 Å². The van der Waals surface area contributed by atoms with E-state index in [9.17, 15) is 0 Å². The van der Waals surface area contributed by atoms with Crippen LogP contribution in [0.25, 0.3) is 5.65 Å². The lowest BCUT2D eigenvalue weighted by Gasteiger charge is -2.04. The second kappa shape index (κ2) is 4.70. The fraction of sp³-hybridized carbons (Fsp3) is 0.0769. The molecule has 0 unspecified atom stereocenters. The summed E-state index contributed by atoms with van der Waals surface area (Å²) in [5, 5.41) is 0.898. The summed E-state index contributed by atoms with van der Waals surface area (Å²) in [5.41, 5.74) is 7.97. The van der Waals surface area contributed by atoms with Gasteiger partial charge in [0.2, 0.25) is 5.95 Å². The van der Waals surface area contributed by atoms with Crippen LogP contribution in [-0.4, -0.2) is 14.4 Å². The van der Waals surface area contributed by atoms with E-state index < -0.39 is 0 Å². The van der Waals surface area contributed by atoms with E-state index in [2.05, 4.69) is 22.1 Å². The Balaban J connectivity index is 1.82. The van der Waals surface area contributed by atoms with Gasteiger partial charge in [-0.3, -0.25) is 4.40 Å². The van der Waals surface area contributed by atoms with Crippen molar-refractivity contribution in [3.8, 4) is 0 Å². The Bertz CT molecular complexity index is 663. The summed E-state index contributed by atoms with van der Waals surface area (Å²) in [6, 6.07) is 12.2. The number of imidazole rings is 1. The molecule has 0 radical (unpaired) electrons. The van der Waals surface area contributed by atoms with Gasteiger partial charge in [0.05, 0.1) is 0 Å². The zero-order valence-electron chi connectivity index (χ0n) is 9.65. The van der Waals surface area contributed by atoms with Gasteiger partial charge in [-0.15, -0.1) is 11.8 Å². The summed E-state index contributed by atoms with van der Waals surface area (Å²) in [7, 11) is 0. The molecule has 2 N–H and O–H groups in total. The van der Waals surface area contributed by atoms with Crippen molar-refractivity contribution >= 4 is 23.4 Å². The third-order valence-corrected chi connectivity index (χ3v) is 3.61. The molecule has 0 bridgehead atoms. The van der Waals surface area contributed by atoms with Crippen molar-refractivity contribution in [3.05, 3.63) is 54.4 Å². The number of nitrogens with two attached hydrogens (primary N) is 1. The average Bonchev–Trinajstić information content (AvgIpc) is 2.86. The Hall–Kier alpha value is -2.01. The molecule has 2 heterocycles. The van der Waals surface area contributed by atoms with Crippen LogP contribution in [0.15, 0.2) is 53.8 Å². The SMILES string of the molecule is Nc1nc(SCc2ccccc2)cc2nccn12. The Morgan fingerprint density at radius 2 is 2.06 bits per heavy atom. The van der Waals surface area contributed by atoms with Crippen molar-refractivity contribution in [1.82, 2.24) is 14.4 Å². The highest BCUT2D eigenvalue weighted by atomic mass is 32.2. The number of nitrogen functional groups attached to an aromatic ring is 1. The molecule has 3 rings (SSSR count). The monoisotopic (exact) mass is 256 g/mol. The topological polar surface area (TPSA) is 56.2 Å². The minimum Gasteiger partial charge on any atom is -0.369 e. The van der Waals surface area contributed by atoms with E-state index in [0.29, 0.717) is 5.95 Å². The van der Waals surface area contributed by atoms with Crippen LogP contribution < -0.4 is 5.73 Å². The largest absolute Gasteiger partial charge is 0.369 e. The molecule has 3 aromatic rings. The minimum atomic E-state index is 0.473. The Morgan fingerprint density at radius 3 is 2.89 bits per heavy atom. The van der Waals surface area contributed by atoms with Gasteiger partial charge in [-0.25, -0.2) is 9.97 Å². The Kier molecular flexibility index (Phi) is 2.90. The lowest BCUT2D eigenvalue weighted by Crippen LogP contribution is -2.00. The molecule has 1 aromatic carbocycles. The zero-order chi connectivity index (χ0) is 12.4. The molecule has 2 aromatic heterocycles. The van der Waals surface area contributed by atoms with Crippen molar-refractivity contribution in [2.24, 2.45) is 0 Å². The molecule has 0 saturated heterocycles. The molecular weight excluding hydrogens is 244 g/mol. The molecule has 0 aliphatic heterocycles. The van der Waals surface area contributed by atoms with Crippen LogP contribution >= 0.6 is 11.8 Å². The molecule has 0 aliphatic carbocycles. The summed E-state index contributed by atoms with van der Waals surface area (Å²) in [4.78, 5) is 8.58. The molecule has 0 spiro atoms. The smallest absolute Gasteiger partial charge is 0.207 e. The normalized spacial score (nSPS) is 10.9. The molecular formula is C13H12N4S. The maximum absolute atomic E-state index is 5.87. The number of benzene rings is 1. The molecule has 18 heavy (non-hydrogen) atoms. The predicted molar refractivity (Wildman–Crippen MR) is 73.4 cm³/mol. The number of fused-ring (bicyclic) bond motifs is 1. The predicted octanol–water partition coefficient (Wildman–Crippen LogP) is 2.60. The molecule has 0 amide bonds. The number of anilines is 1. The van der Waals surface area contributed by atoms with Crippen LogP contribution in [0.5, 0.6) is 0 Å². The van der Waals surface area contributed by atoms with Gasteiger partial charge < -0.3 is 5.73 Å². The maximum Gasteiger partial charge on any atom is 0.207 e. The van der Waals surface area contributed by atoms with Crippen molar-refractivity contribution in [1.29, 1.82) is 0 Å². The second-order valence-corrected chi connectivity index (χ2v) is 4.88. The van der Waals surface area contributed by atoms with Crippen LogP contribution in [-0.2, 0) is 5.75 Å². The van der Waals surface area contributed by atoms with Gasteiger partial charge in [-0.1, -0.05) is 30.3 Å². The molecule has 0 atom stereocenters. The summed E-state index contributed by atoms with van der Waals surface area (Å²) < 4.78 is 1.77. The maximum atomic E-state index is 5.87. The first-order chi connectivity index (χ1) is 8.83. The number of nitrogens with zero attached hydrogens (tertiary/aromatic N) is 3. The highest BCUT2D eigenvalue weighted by molar-refractivity contribution is 7.98. The van der Waals surface area contributed by atoms with Gasteiger partial charge in [0.15, 0.2) is 0 Å². The van der Waals surface area contributed by atoms with Gasteiger partial charge in [0, 0.05) is 24.2 Å². The molecule has 0 saturated carbocycles. The van der Waals surface area contributed by atoms with E-state index in [1.807, 2.05) is 30.5 Å². The van der Waals surface area contributed by atoms with Gasteiger partial charge in [0.1, 0.15) is 10.7 Å². The highest BCUT2D eigenvalue weighted by Gasteiger charge is 2.04. The molecule has 0 aliphatic rings. The number of hydrogen-bond acceptors (Lipinski definition) is 4. The van der Waals surface area contributed by atoms with Crippen LogP contribution in [0, 0.1) is 0 Å². The molecule has 90 valence electrons. The minimum absolute atomic E-state index is 0.473. The summed E-state index contributed by atoms with van der Waals surface area (Å²) in [6.07, 6.45) is 3.53. The fourth-order valence-corrected chi connectivity index (χ4v) is 2.58. The highest BCUT2D eigenvalue weighted by Crippen LogP contribution is 2.22. The molecule has 4 nitrogen and oxygen atoms in total. The second-order valence-electron chi connectivity index (χ2n) is 3.88. The summed E-state index contributed by atoms with van der Waals surface area (Å²) in [5.74, 6) is 1.35. The number of aromatic nitrogens is 3. The lowest BCUT2D eigenvalue weighted by molar-refractivity contribution is 1.03. The van der Waals surface area contributed by atoms with Gasteiger partial charge in [-0.05, 0) is 5.56 Å². The number of thioether (sulfide) groups is 1. The first-order valence-corrected chi connectivity index (χ1v) is 6.58. The number of hydrogen-bond donors (Lipinski definition) is 1. The van der Waals surface area contributed by atoms with Crippen molar-refractivity contribution in [2.45, 2.75) is 10.8 Å². The van der Waals surface area contributed by atoms with Gasteiger partial charge >= 0.3 is 0 Å². The van der Waals surface area contributed by atoms with Crippen molar-refractivity contribution < 1.29 is 0 Å². The van der Waals surface area contributed by atoms with E-state index in [0.717, 1.165) is 16.4 Å². The quantitative estimate of drug-likeness (QED) is 0.578. The van der Waals surface area contributed by atoms with E-state index in [1.165, 1.54) is 5.56 Å².